The molecular formula is C34H31F4N5O2. The molecule has 3 saturated heterocycles. The normalized spacial score (nSPS) is 22.5. The van der Waals surface area contributed by atoms with Crippen LogP contribution in [0.2, 0.25) is 0 Å². The number of terminal acetylenes is 1. The van der Waals surface area contributed by atoms with Gasteiger partial charge in [-0.1, -0.05) is 12.0 Å². The van der Waals surface area contributed by atoms with Crippen molar-refractivity contribution in [3.63, 3.8) is 0 Å². The Kier molecular flexibility index (Phi) is 6.59. The van der Waals surface area contributed by atoms with E-state index in [0.29, 0.717) is 43.9 Å². The molecule has 2 unspecified atom stereocenters. The van der Waals surface area contributed by atoms with Crippen molar-refractivity contribution >= 4 is 27.5 Å². The molecule has 1 saturated carbocycles. The topological polar surface area (TPSA) is 73.8 Å². The summed E-state index contributed by atoms with van der Waals surface area (Å²) in [6.07, 6.45) is 8.67. The van der Waals surface area contributed by atoms with E-state index >= 15 is 8.78 Å². The summed E-state index contributed by atoms with van der Waals surface area (Å²) in [6, 6.07) is 6.72. The van der Waals surface area contributed by atoms with Crippen LogP contribution in [0, 0.1) is 35.2 Å². The van der Waals surface area contributed by atoms with Crippen LogP contribution in [0.25, 0.3) is 32.8 Å². The lowest BCUT2D eigenvalue weighted by Crippen LogP contribution is -2.51. The van der Waals surface area contributed by atoms with Crippen molar-refractivity contribution in [3.8, 4) is 35.2 Å². The average Bonchev–Trinajstić information content (AvgIpc) is 3.69. The molecule has 3 aromatic carbocycles. The average molecular weight is 618 g/mol. The van der Waals surface area contributed by atoms with Crippen molar-refractivity contribution in [1.82, 2.24) is 20.2 Å². The maximum atomic E-state index is 16.8. The Bertz CT molecular complexity index is 1890. The Labute approximate surface area is 257 Å². The largest absolute Gasteiger partial charge is 0.508 e. The molecule has 45 heavy (non-hydrogen) atoms. The van der Waals surface area contributed by atoms with Gasteiger partial charge in [-0.05, 0) is 55.3 Å². The van der Waals surface area contributed by atoms with Crippen LogP contribution in [-0.4, -0.2) is 77.6 Å². The third-order valence-electron chi connectivity index (χ3n) is 9.76. The Morgan fingerprint density at radius 2 is 1.78 bits per heavy atom. The summed E-state index contributed by atoms with van der Waals surface area (Å²) in [7, 11) is 0. The van der Waals surface area contributed by atoms with Crippen LogP contribution in [0.3, 0.4) is 0 Å². The number of aromatic hydroxyl groups is 1. The minimum Gasteiger partial charge on any atom is -0.508 e. The molecule has 2 atom stereocenters. The minimum absolute atomic E-state index is 0.0331. The van der Waals surface area contributed by atoms with Crippen LogP contribution in [0.1, 0.15) is 31.2 Å². The third kappa shape index (κ3) is 4.91. The summed E-state index contributed by atoms with van der Waals surface area (Å²) in [5.41, 5.74) is -1.04. The zero-order valence-corrected chi connectivity index (χ0v) is 24.4. The van der Waals surface area contributed by atoms with Crippen LogP contribution in [-0.2, 0) is 0 Å². The molecule has 8 rings (SSSR count). The molecule has 0 amide bonds. The first kappa shape index (κ1) is 28.3. The number of aromatic nitrogens is 2. The van der Waals surface area contributed by atoms with E-state index in [9.17, 15) is 13.9 Å². The lowest BCUT2D eigenvalue weighted by Gasteiger charge is -2.37. The van der Waals surface area contributed by atoms with E-state index in [1.165, 1.54) is 24.3 Å². The lowest BCUT2D eigenvalue weighted by atomic mass is 9.92. The number of phenolic OH excluding ortho intramolecular Hbond substituents is 1. The molecule has 4 aliphatic rings. The highest BCUT2D eigenvalue weighted by Crippen LogP contribution is 2.48. The van der Waals surface area contributed by atoms with Crippen LogP contribution < -0.4 is 15.0 Å². The highest BCUT2D eigenvalue weighted by molar-refractivity contribution is 6.04. The summed E-state index contributed by atoms with van der Waals surface area (Å²) in [5, 5.41) is 14.7. The van der Waals surface area contributed by atoms with Gasteiger partial charge in [0.1, 0.15) is 34.9 Å². The molecule has 7 nitrogen and oxygen atoms in total. The molecular weight excluding hydrogens is 586 g/mol. The molecule has 1 aliphatic carbocycles. The highest BCUT2D eigenvalue weighted by Gasteiger charge is 2.47. The number of hydrogen-bond donors (Lipinski definition) is 2. The maximum Gasteiger partial charge on any atom is 0.319 e. The van der Waals surface area contributed by atoms with Crippen LogP contribution >= 0.6 is 0 Å². The molecule has 11 heteroatoms. The Balaban J connectivity index is 1.26. The number of nitrogens with zero attached hydrogens (tertiary/aromatic N) is 4. The summed E-state index contributed by atoms with van der Waals surface area (Å²) < 4.78 is 67.3. The Morgan fingerprint density at radius 1 is 1.02 bits per heavy atom. The molecule has 232 valence electrons. The van der Waals surface area contributed by atoms with Gasteiger partial charge < -0.3 is 20.1 Å². The quantitative estimate of drug-likeness (QED) is 0.215. The molecule has 2 bridgehead atoms. The van der Waals surface area contributed by atoms with Crippen molar-refractivity contribution < 1.29 is 27.4 Å². The molecule has 4 aromatic rings. The SMILES string of the molecule is C#Cc1c(F)ccc2cc(O)cc(-c3c(F)cc4c(N5CC6CCC(C5)N6)nc(OCC5(CN6CC(F)C6)CC5)nc4c3F)c12. The number of benzene rings is 3. The Hall–Kier alpha value is -4.14. The number of hydrogen-bond acceptors (Lipinski definition) is 7. The summed E-state index contributed by atoms with van der Waals surface area (Å²) in [6.45, 7) is 3.04. The second kappa shape index (κ2) is 10.5. The van der Waals surface area contributed by atoms with Crippen molar-refractivity contribution in [2.75, 3.05) is 44.2 Å². The molecule has 1 aromatic heterocycles. The van der Waals surface area contributed by atoms with Gasteiger partial charge in [0.05, 0.1) is 17.7 Å². The molecule has 2 N–H and O–H groups in total. The number of likely N-dealkylation sites (tertiary alicyclic amines) is 1. The van der Waals surface area contributed by atoms with Gasteiger partial charge in [-0.15, -0.1) is 6.42 Å². The molecule has 3 aliphatic heterocycles. The van der Waals surface area contributed by atoms with E-state index in [0.717, 1.165) is 31.7 Å². The van der Waals surface area contributed by atoms with Gasteiger partial charge >= 0.3 is 6.01 Å². The summed E-state index contributed by atoms with van der Waals surface area (Å²) in [4.78, 5) is 13.3. The van der Waals surface area contributed by atoms with Crippen LogP contribution in [0.15, 0.2) is 30.3 Å². The number of alkyl halides is 1. The Morgan fingerprint density at radius 3 is 2.47 bits per heavy atom. The minimum atomic E-state index is -0.994. The highest BCUT2D eigenvalue weighted by atomic mass is 19.1. The van der Waals surface area contributed by atoms with E-state index in [1.54, 1.807) is 0 Å². The fourth-order valence-corrected chi connectivity index (χ4v) is 7.30. The van der Waals surface area contributed by atoms with Crippen LogP contribution in [0.4, 0.5) is 23.4 Å². The van der Waals surface area contributed by atoms with Crippen molar-refractivity contribution in [2.24, 2.45) is 5.41 Å². The first-order chi connectivity index (χ1) is 21.7. The van der Waals surface area contributed by atoms with Gasteiger partial charge in [0.2, 0.25) is 0 Å². The van der Waals surface area contributed by atoms with Crippen molar-refractivity contribution in [3.05, 3.63) is 53.3 Å². The molecule has 0 radical (unpaired) electrons. The van der Waals surface area contributed by atoms with Gasteiger partial charge in [0.15, 0.2) is 5.82 Å². The fourth-order valence-electron chi connectivity index (χ4n) is 7.30. The standard InChI is InChI=1S/C34H31F4N5O2/c1-2-23-26(36)6-3-18-9-22(44)10-24(28(18)23)29-27(37)11-25-31(30(29)38)40-33(41-32(25)43-14-20-4-5-21(15-43)39-20)45-17-34(7-8-34)16-42-12-19(35)13-42/h1,3,6,9-11,19-21,39,44H,4-5,7-8,12-17H2. The first-order valence-corrected chi connectivity index (χ1v) is 15.3. The lowest BCUT2D eigenvalue weighted by molar-refractivity contribution is 0.0370. The number of fused-ring (bicyclic) bond motifs is 4. The smallest absolute Gasteiger partial charge is 0.319 e. The second-order valence-corrected chi connectivity index (χ2v) is 13.1. The van der Waals surface area contributed by atoms with E-state index in [1.807, 2.05) is 4.90 Å². The monoisotopic (exact) mass is 617 g/mol. The van der Waals surface area contributed by atoms with E-state index in [-0.39, 0.29) is 63.3 Å². The maximum absolute atomic E-state index is 16.8. The van der Waals surface area contributed by atoms with Gasteiger partial charge in [-0.25, -0.2) is 17.6 Å². The second-order valence-electron chi connectivity index (χ2n) is 13.1. The predicted molar refractivity (Wildman–Crippen MR) is 163 cm³/mol. The molecule has 0 spiro atoms. The molecule has 4 fully saturated rings. The van der Waals surface area contributed by atoms with Crippen molar-refractivity contribution in [1.29, 1.82) is 0 Å². The van der Waals surface area contributed by atoms with E-state index < -0.39 is 29.2 Å². The zero-order chi connectivity index (χ0) is 31.0. The molecule has 4 heterocycles. The van der Waals surface area contributed by atoms with Gasteiger partial charge in [0.25, 0.3) is 0 Å². The summed E-state index contributed by atoms with van der Waals surface area (Å²) in [5.74, 6) is -0.223. The number of phenols is 1. The number of piperazine rings is 1. The van der Waals surface area contributed by atoms with Gasteiger partial charge in [0, 0.05) is 66.6 Å². The number of anilines is 1. The summed E-state index contributed by atoms with van der Waals surface area (Å²) >= 11 is 0. The van der Waals surface area contributed by atoms with Crippen molar-refractivity contribution in [2.45, 2.75) is 43.9 Å². The first-order valence-electron chi connectivity index (χ1n) is 15.3. The third-order valence-corrected chi connectivity index (χ3v) is 9.76. The van der Waals surface area contributed by atoms with Gasteiger partial charge in [-0.3, -0.25) is 4.90 Å². The zero-order valence-electron chi connectivity index (χ0n) is 24.4. The predicted octanol–water partition coefficient (Wildman–Crippen LogP) is 5.31. The number of halogens is 4. The fraction of sp³-hybridized carbons (Fsp3) is 0.412. The van der Waals surface area contributed by atoms with Crippen LogP contribution in [0.5, 0.6) is 11.8 Å². The van der Waals surface area contributed by atoms with E-state index in [2.05, 4.69) is 21.1 Å². The number of nitrogens with one attached hydrogen (secondary N) is 1. The van der Waals surface area contributed by atoms with Gasteiger partial charge in [-0.2, -0.15) is 9.97 Å². The number of rotatable bonds is 7. The van der Waals surface area contributed by atoms with E-state index in [4.69, 9.17) is 16.1 Å². The number of ether oxygens (including phenoxy) is 1.